The molecule has 0 fully saturated rings. The minimum absolute atomic E-state index is 0.339. The maximum absolute atomic E-state index is 14.1. The number of aromatic nitrogens is 3. The van der Waals surface area contributed by atoms with Crippen molar-refractivity contribution >= 4 is 11.6 Å². The molecule has 0 aliphatic rings. The lowest BCUT2D eigenvalue weighted by molar-refractivity contribution is 0.0523. The summed E-state index contributed by atoms with van der Waals surface area (Å²) >= 11 is 0. The topological polar surface area (TPSA) is 68.5 Å². The van der Waals surface area contributed by atoms with E-state index in [1.54, 1.807) is 6.20 Å². The van der Waals surface area contributed by atoms with E-state index in [9.17, 15) is 9.18 Å². The van der Waals surface area contributed by atoms with Gasteiger partial charge in [-0.05, 0) is 51.0 Å². The Morgan fingerprint density at radius 3 is 2.77 bits per heavy atom. The first kappa shape index (κ1) is 17.8. The predicted molar refractivity (Wildman–Crippen MR) is 96.2 cm³/mol. The highest BCUT2D eigenvalue weighted by atomic mass is 19.1. The largest absolute Gasteiger partial charge is 0.444 e. The number of carbonyl (C=O) groups is 1. The molecule has 3 aromatic rings. The number of hydrogen-bond acceptors (Lipinski definition) is 4. The molecule has 1 N–H and O–H groups in total. The lowest BCUT2D eigenvalue weighted by atomic mass is 10.0. The van der Waals surface area contributed by atoms with Gasteiger partial charge in [-0.15, -0.1) is 0 Å². The third-order valence-electron chi connectivity index (χ3n) is 3.84. The molecule has 0 atom stereocenters. The zero-order valence-corrected chi connectivity index (χ0v) is 15.2. The van der Waals surface area contributed by atoms with Crippen molar-refractivity contribution in [3.8, 4) is 11.3 Å². The van der Waals surface area contributed by atoms with Gasteiger partial charge in [0, 0.05) is 18.3 Å². The molecular formula is C19H21FN4O2. The zero-order chi connectivity index (χ0) is 18.9. The second-order valence-corrected chi connectivity index (χ2v) is 7.06. The van der Waals surface area contributed by atoms with Gasteiger partial charge in [0.25, 0.3) is 0 Å². The normalized spacial score (nSPS) is 11.6. The summed E-state index contributed by atoms with van der Waals surface area (Å²) in [5, 5.41) is 6.75. The number of carbonyl (C=O) groups excluding carboxylic acids is 1. The summed E-state index contributed by atoms with van der Waals surface area (Å²) in [5.41, 5.74) is 3.02. The van der Waals surface area contributed by atoms with Gasteiger partial charge in [0.1, 0.15) is 23.1 Å². The van der Waals surface area contributed by atoms with Gasteiger partial charge in [0.15, 0.2) is 5.82 Å². The Labute approximate surface area is 151 Å². The van der Waals surface area contributed by atoms with Crippen molar-refractivity contribution < 1.29 is 13.9 Å². The summed E-state index contributed by atoms with van der Waals surface area (Å²) < 4.78 is 20.8. The van der Waals surface area contributed by atoms with Crippen LogP contribution in [0.15, 0.2) is 36.8 Å². The van der Waals surface area contributed by atoms with E-state index in [1.807, 2.05) is 45.9 Å². The smallest absolute Gasteiger partial charge is 0.407 e. The molecule has 7 heteroatoms. The molecule has 0 spiro atoms. The van der Waals surface area contributed by atoms with Crippen LogP contribution < -0.4 is 5.32 Å². The van der Waals surface area contributed by atoms with Crippen molar-refractivity contribution in [3.05, 3.63) is 53.7 Å². The van der Waals surface area contributed by atoms with E-state index in [0.29, 0.717) is 17.8 Å². The van der Waals surface area contributed by atoms with E-state index >= 15 is 0 Å². The summed E-state index contributed by atoms with van der Waals surface area (Å²) in [6, 6.07) is 7.02. The maximum Gasteiger partial charge on any atom is 0.407 e. The average molecular weight is 356 g/mol. The quantitative estimate of drug-likeness (QED) is 0.773. The molecule has 1 aromatic carbocycles. The number of nitrogens with one attached hydrogen (secondary N) is 1. The summed E-state index contributed by atoms with van der Waals surface area (Å²) in [6.07, 6.45) is 2.49. The first-order chi connectivity index (χ1) is 12.2. The highest BCUT2D eigenvalue weighted by Crippen LogP contribution is 2.26. The summed E-state index contributed by atoms with van der Waals surface area (Å²) in [4.78, 5) is 16.0. The van der Waals surface area contributed by atoms with Crippen LogP contribution in [-0.4, -0.2) is 26.3 Å². The number of fused-ring (bicyclic) bond motifs is 1. The van der Waals surface area contributed by atoms with E-state index in [1.165, 1.54) is 16.9 Å². The molecule has 6 nitrogen and oxygen atoms in total. The van der Waals surface area contributed by atoms with Crippen LogP contribution in [0.1, 0.15) is 31.9 Å². The van der Waals surface area contributed by atoms with Crippen LogP contribution in [-0.2, 0) is 11.3 Å². The molecule has 0 bridgehead atoms. The Balaban J connectivity index is 1.81. The SMILES string of the molecule is Cc1cc(-c2ncnn3ccc(F)c23)ccc1CNC(=O)OC(C)(C)C. The third-order valence-corrected chi connectivity index (χ3v) is 3.84. The number of benzene rings is 1. The molecule has 0 aliphatic carbocycles. The number of hydrogen-bond donors (Lipinski definition) is 1. The van der Waals surface area contributed by atoms with Gasteiger partial charge in [-0.25, -0.2) is 18.7 Å². The fourth-order valence-corrected chi connectivity index (χ4v) is 2.65. The number of nitrogens with zero attached hydrogens (tertiary/aromatic N) is 3. The zero-order valence-electron chi connectivity index (χ0n) is 15.2. The lowest BCUT2D eigenvalue weighted by Gasteiger charge is -2.20. The maximum atomic E-state index is 14.1. The van der Waals surface area contributed by atoms with Crippen LogP contribution in [0.2, 0.25) is 0 Å². The van der Waals surface area contributed by atoms with E-state index in [2.05, 4.69) is 15.4 Å². The lowest BCUT2D eigenvalue weighted by Crippen LogP contribution is -2.32. The van der Waals surface area contributed by atoms with Crippen LogP contribution in [0.5, 0.6) is 0 Å². The Hall–Kier alpha value is -2.96. The van der Waals surface area contributed by atoms with Crippen molar-refractivity contribution in [2.75, 3.05) is 0 Å². The third kappa shape index (κ3) is 3.82. The summed E-state index contributed by atoms with van der Waals surface area (Å²) in [6.45, 7) is 7.73. The van der Waals surface area contributed by atoms with Gasteiger partial charge in [-0.3, -0.25) is 0 Å². The van der Waals surface area contributed by atoms with Crippen molar-refractivity contribution in [3.63, 3.8) is 0 Å². The van der Waals surface area contributed by atoms with Crippen LogP contribution in [0, 0.1) is 12.7 Å². The summed E-state index contributed by atoms with van der Waals surface area (Å²) in [5.74, 6) is -0.367. The minimum atomic E-state index is -0.539. The fraction of sp³-hybridized carbons (Fsp3) is 0.316. The highest BCUT2D eigenvalue weighted by Gasteiger charge is 2.16. The van der Waals surface area contributed by atoms with E-state index in [-0.39, 0.29) is 5.82 Å². The average Bonchev–Trinajstić information content (AvgIpc) is 2.93. The Kier molecular flexibility index (Phi) is 4.63. The van der Waals surface area contributed by atoms with Gasteiger partial charge >= 0.3 is 6.09 Å². The minimum Gasteiger partial charge on any atom is -0.444 e. The molecule has 136 valence electrons. The number of rotatable bonds is 3. The molecule has 0 aliphatic heterocycles. The number of halogens is 1. The Morgan fingerprint density at radius 2 is 2.08 bits per heavy atom. The Morgan fingerprint density at radius 1 is 1.31 bits per heavy atom. The van der Waals surface area contributed by atoms with Crippen LogP contribution in [0.25, 0.3) is 16.8 Å². The van der Waals surface area contributed by atoms with Gasteiger partial charge in [0.2, 0.25) is 0 Å². The predicted octanol–water partition coefficient (Wildman–Crippen LogP) is 3.87. The second-order valence-electron chi connectivity index (χ2n) is 7.06. The van der Waals surface area contributed by atoms with Crippen molar-refractivity contribution in [2.24, 2.45) is 0 Å². The summed E-state index contributed by atoms with van der Waals surface area (Å²) in [7, 11) is 0. The molecular weight excluding hydrogens is 335 g/mol. The Bertz CT molecular complexity index is 960. The second kappa shape index (κ2) is 6.74. The van der Waals surface area contributed by atoms with Gasteiger partial charge in [0.05, 0.1) is 0 Å². The van der Waals surface area contributed by atoms with E-state index < -0.39 is 11.7 Å². The van der Waals surface area contributed by atoms with Crippen molar-refractivity contribution in [2.45, 2.75) is 39.8 Å². The fourth-order valence-electron chi connectivity index (χ4n) is 2.65. The molecule has 0 unspecified atom stereocenters. The van der Waals surface area contributed by atoms with Crippen molar-refractivity contribution in [1.82, 2.24) is 19.9 Å². The number of aryl methyl sites for hydroxylation is 1. The van der Waals surface area contributed by atoms with E-state index in [0.717, 1.165) is 16.7 Å². The number of alkyl carbamates (subject to hydrolysis) is 1. The standard InChI is InChI=1S/C19H21FN4O2/c1-12-9-13(16-17-15(20)7-8-24(17)23-11-22-16)5-6-14(12)10-21-18(25)26-19(2,3)4/h5-9,11H,10H2,1-4H3,(H,21,25). The molecule has 0 saturated carbocycles. The number of ether oxygens (including phenoxy) is 1. The van der Waals surface area contributed by atoms with E-state index in [4.69, 9.17) is 4.74 Å². The van der Waals surface area contributed by atoms with Gasteiger partial charge in [-0.1, -0.05) is 12.1 Å². The number of amides is 1. The first-order valence-corrected chi connectivity index (χ1v) is 8.29. The molecule has 26 heavy (non-hydrogen) atoms. The molecule has 2 aromatic heterocycles. The molecule has 0 saturated heterocycles. The molecule has 2 heterocycles. The van der Waals surface area contributed by atoms with Crippen LogP contribution in [0.4, 0.5) is 9.18 Å². The van der Waals surface area contributed by atoms with Gasteiger partial charge in [-0.2, -0.15) is 5.10 Å². The molecule has 3 rings (SSSR count). The molecule has 0 radical (unpaired) electrons. The van der Waals surface area contributed by atoms with Gasteiger partial charge < -0.3 is 10.1 Å². The van der Waals surface area contributed by atoms with Crippen LogP contribution >= 0.6 is 0 Å². The monoisotopic (exact) mass is 356 g/mol. The van der Waals surface area contributed by atoms with Crippen LogP contribution in [0.3, 0.4) is 0 Å². The van der Waals surface area contributed by atoms with Crippen molar-refractivity contribution in [1.29, 1.82) is 0 Å². The highest BCUT2D eigenvalue weighted by molar-refractivity contribution is 5.77. The molecule has 1 amide bonds. The first-order valence-electron chi connectivity index (χ1n) is 8.29.